The molecule has 1 heterocycles. The number of rotatable bonds is 4. The summed E-state index contributed by atoms with van der Waals surface area (Å²) in [7, 11) is 3.21. The van der Waals surface area contributed by atoms with Crippen molar-refractivity contribution >= 4 is 34.5 Å². The van der Waals surface area contributed by atoms with Crippen LogP contribution in [0.4, 0.5) is 0 Å². The first-order chi connectivity index (χ1) is 9.08. The molecule has 0 aliphatic heterocycles. The highest BCUT2D eigenvalue weighted by Crippen LogP contribution is 2.41. The van der Waals surface area contributed by atoms with Crippen LogP contribution in [0.15, 0.2) is 23.6 Å². The first-order valence-electron chi connectivity index (χ1n) is 5.68. The summed E-state index contributed by atoms with van der Waals surface area (Å²) < 4.78 is 10.5. The average Bonchev–Trinajstić information content (AvgIpc) is 2.77. The van der Waals surface area contributed by atoms with E-state index in [4.69, 9.17) is 32.7 Å². The predicted molar refractivity (Wildman–Crippen MR) is 81.3 cm³/mol. The maximum absolute atomic E-state index is 6.50. The fourth-order valence-corrected chi connectivity index (χ4v) is 3.54. The Hall–Kier alpha value is -0.900. The van der Waals surface area contributed by atoms with Gasteiger partial charge in [0.1, 0.15) is 0 Å². The average molecular weight is 317 g/mol. The summed E-state index contributed by atoms with van der Waals surface area (Å²) in [5.74, 6) is 1.35. The lowest BCUT2D eigenvalue weighted by Crippen LogP contribution is -1.95. The fourth-order valence-electron chi connectivity index (χ4n) is 1.78. The summed E-state index contributed by atoms with van der Waals surface area (Å²) in [5.41, 5.74) is 1.98. The molecule has 1 aromatic heterocycles. The Morgan fingerprint density at radius 2 is 1.84 bits per heavy atom. The summed E-state index contributed by atoms with van der Waals surface area (Å²) in [6.07, 6.45) is 0. The molecule has 0 amide bonds. The van der Waals surface area contributed by atoms with Crippen LogP contribution in [0.25, 0.3) is 0 Å². The van der Waals surface area contributed by atoms with Crippen molar-refractivity contribution in [2.24, 2.45) is 0 Å². The molecule has 0 saturated carbocycles. The number of hydrogen-bond acceptors (Lipinski definition) is 3. The standard InChI is InChI=1S/C14H14Cl2O2S/c1-8-7-19-14(12(8)15)13(16)9-4-5-10(17-2)11(6-9)18-3/h4-7,13H,1-3H3. The molecule has 102 valence electrons. The van der Waals surface area contributed by atoms with Crippen molar-refractivity contribution in [3.63, 3.8) is 0 Å². The van der Waals surface area contributed by atoms with E-state index in [2.05, 4.69) is 0 Å². The Morgan fingerprint density at radius 1 is 1.16 bits per heavy atom. The molecule has 0 aliphatic carbocycles. The van der Waals surface area contributed by atoms with Gasteiger partial charge in [0.15, 0.2) is 11.5 Å². The summed E-state index contributed by atoms with van der Waals surface area (Å²) in [6.45, 7) is 1.97. The van der Waals surface area contributed by atoms with E-state index in [-0.39, 0.29) is 5.38 Å². The normalized spacial score (nSPS) is 12.3. The Morgan fingerprint density at radius 3 is 2.37 bits per heavy atom. The molecule has 0 N–H and O–H groups in total. The number of benzene rings is 1. The molecule has 2 aromatic rings. The number of thiophene rings is 1. The third kappa shape index (κ3) is 2.83. The topological polar surface area (TPSA) is 18.5 Å². The second-order valence-corrected chi connectivity index (χ2v) is 5.80. The number of ether oxygens (including phenoxy) is 2. The quantitative estimate of drug-likeness (QED) is 0.734. The molecular formula is C14H14Cl2O2S. The van der Waals surface area contributed by atoms with Crippen LogP contribution in [-0.2, 0) is 0 Å². The second-order valence-electron chi connectivity index (χ2n) is 4.07. The van der Waals surface area contributed by atoms with Crippen LogP contribution in [0.2, 0.25) is 5.02 Å². The molecule has 19 heavy (non-hydrogen) atoms. The van der Waals surface area contributed by atoms with Crippen LogP contribution in [-0.4, -0.2) is 14.2 Å². The minimum Gasteiger partial charge on any atom is -0.493 e. The van der Waals surface area contributed by atoms with Gasteiger partial charge in [0.05, 0.1) is 24.6 Å². The van der Waals surface area contributed by atoms with E-state index >= 15 is 0 Å². The van der Waals surface area contributed by atoms with Crippen LogP contribution in [0.3, 0.4) is 0 Å². The molecule has 2 rings (SSSR count). The Balaban J connectivity index is 2.39. The highest BCUT2D eigenvalue weighted by Gasteiger charge is 2.19. The number of aryl methyl sites for hydroxylation is 1. The molecule has 2 nitrogen and oxygen atoms in total. The van der Waals surface area contributed by atoms with E-state index in [1.54, 1.807) is 25.6 Å². The third-order valence-corrected chi connectivity index (χ3v) is 5.23. The highest BCUT2D eigenvalue weighted by molar-refractivity contribution is 7.11. The molecule has 0 fully saturated rings. The second kappa shape index (κ2) is 6.04. The van der Waals surface area contributed by atoms with Crippen LogP contribution < -0.4 is 9.47 Å². The lowest BCUT2D eigenvalue weighted by atomic mass is 10.1. The highest BCUT2D eigenvalue weighted by atomic mass is 35.5. The van der Waals surface area contributed by atoms with Gasteiger partial charge in [-0.2, -0.15) is 0 Å². The lowest BCUT2D eigenvalue weighted by Gasteiger charge is -2.13. The SMILES string of the molecule is COc1ccc(C(Cl)c2scc(C)c2Cl)cc1OC. The predicted octanol–water partition coefficient (Wildman–Crippen LogP) is 5.06. The molecule has 1 aromatic carbocycles. The van der Waals surface area contributed by atoms with Crippen molar-refractivity contribution in [1.29, 1.82) is 0 Å². The lowest BCUT2D eigenvalue weighted by molar-refractivity contribution is 0.354. The molecule has 5 heteroatoms. The van der Waals surface area contributed by atoms with E-state index in [1.807, 2.05) is 30.5 Å². The van der Waals surface area contributed by atoms with Gasteiger partial charge in [-0.15, -0.1) is 22.9 Å². The van der Waals surface area contributed by atoms with Crippen LogP contribution in [0.1, 0.15) is 21.4 Å². The zero-order valence-electron chi connectivity index (χ0n) is 10.9. The molecule has 0 bridgehead atoms. The summed E-state index contributed by atoms with van der Waals surface area (Å²) >= 11 is 14.3. The summed E-state index contributed by atoms with van der Waals surface area (Å²) in [6, 6.07) is 5.64. The van der Waals surface area contributed by atoms with Gasteiger partial charge >= 0.3 is 0 Å². The minimum absolute atomic E-state index is 0.286. The van der Waals surface area contributed by atoms with Crippen molar-refractivity contribution in [3.05, 3.63) is 44.6 Å². The third-order valence-electron chi connectivity index (χ3n) is 2.86. The van der Waals surface area contributed by atoms with Gasteiger partial charge in [-0.25, -0.2) is 0 Å². The monoisotopic (exact) mass is 316 g/mol. The van der Waals surface area contributed by atoms with Gasteiger partial charge in [0, 0.05) is 4.88 Å². The zero-order valence-corrected chi connectivity index (χ0v) is 13.2. The zero-order chi connectivity index (χ0) is 14.0. The maximum Gasteiger partial charge on any atom is 0.161 e. The van der Waals surface area contributed by atoms with Crippen molar-refractivity contribution < 1.29 is 9.47 Å². The van der Waals surface area contributed by atoms with Gasteiger partial charge in [-0.1, -0.05) is 17.7 Å². The maximum atomic E-state index is 6.50. The van der Waals surface area contributed by atoms with Crippen LogP contribution >= 0.6 is 34.5 Å². The van der Waals surface area contributed by atoms with Gasteiger partial charge < -0.3 is 9.47 Å². The van der Waals surface area contributed by atoms with Crippen LogP contribution in [0, 0.1) is 6.92 Å². The molecule has 0 aliphatic rings. The first kappa shape index (κ1) is 14.5. The van der Waals surface area contributed by atoms with Crippen molar-refractivity contribution in [1.82, 2.24) is 0 Å². The van der Waals surface area contributed by atoms with Gasteiger partial charge in [0.2, 0.25) is 0 Å². The number of methoxy groups -OCH3 is 2. The van der Waals surface area contributed by atoms with Crippen molar-refractivity contribution in [3.8, 4) is 11.5 Å². The van der Waals surface area contributed by atoms with E-state index in [1.165, 1.54) is 0 Å². The number of hydrogen-bond donors (Lipinski definition) is 0. The fraction of sp³-hybridized carbons (Fsp3) is 0.286. The van der Waals surface area contributed by atoms with E-state index in [9.17, 15) is 0 Å². The first-order valence-corrected chi connectivity index (χ1v) is 7.37. The number of alkyl halides is 1. The minimum atomic E-state index is -0.286. The summed E-state index contributed by atoms with van der Waals surface area (Å²) in [4.78, 5) is 0.952. The Kier molecular flexibility index (Phi) is 4.61. The van der Waals surface area contributed by atoms with Crippen LogP contribution in [0.5, 0.6) is 11.5 Å². The largest absolute Gasteiger partial charge is 0.493 e. The number of halogens is 2. The van der Waals surface area contributed by atoms with Gasteiger partial charge in [-0.05, 0) is 35.6 Å². The van der Waals surface area contributed by atoms with E-state index in [0.717, 1.165) is 21.0 Å². The van der Waals surface area contributed by atoms with E-state index in [0.29, 0.717) is 11.5 Å². The smallest absolute Gasteiger partial charge is 0.161 e. The molecular weight excluding hydrogens is 303 g/mol. The summed E-state index contributed by atoms with van der Waals surface area (Å²) in [5, 5.41) is 2.46. The molecule has 0 radical (unpaired) electrons. The van der Waals surface area contributed by atoms with Crippen molar-refractivity contribution in [2.75, 3.05) is 14.2 Å². The Labute approximate surface area is 126 Å². The molecule has 1 atom stereocenters. The molecule has 0 saturated heterocycles. The van der Waals surface area contributed by atoms with Gasteiger partial charge in [0.25, 0.3) is 0 Å². The van der Waals surface area contributed by atoms with Crippen molar-refractivity contribution in [2.45, 2.75) is 12.3 Å². The molecule has 0 spiro atoms. The van der Waals surface area contributed by atoms with E-state index < -0.39 is 0 Å². The molecule has 1 unspecified atom stereocenters. The van der Waals surface area contributed by atoms with Gasteiger partial charge in [-0.3, -0.25) is 0 Å². The Bertz CT molecular complexity index is 581.